The van der Waals surface area contributed by atoms with Crippen molar-refractivity contribution in [1.29, 1.82) is 0 Å². The van der Waals surface area contributed by atoms with E-state index >= 15 is 0 Å². The van der Waals surface area contributed by atoms with Gasteiger partial charge < -0.3 is 0 Å². The molecule has 1 heteroatoms. The maximum absolute atomic E-state index is 7.75. The number of hydrogen-bond acceptors (Lipinski definition) is 0. The highest BCUT2D eigenvalue weighted by Crippen LogP contribution is 2.28. The molecule has 1 nitrogen and oxygen atoms in total. The zero-order valence-electron chi connectivity index (χ0n) is 8.53. The van der Waals surface area contributed by atoms with Crippen molar-refractivity contribution in [2.45, 2.75) is 64.3 Å². The smallest absolute Gasteiger partial charge is 0.0267 e. The van der Waals surface area contributed by atoms with Crippen LogP contribution in [0, 0.1) is 5.92 Å². The predicted octanol–water partition coefficient (Wildman–Crippen LogP) is 3.41. The molecule has 1 N–H and O–H groups in total. The first kappa shape index (κ1) is 10.0. The van der Waals surface area contributed by atoms with Crippen LogP contribution in [0.15, 0.2) is 0 Å². The second-order valence-corrected chi connectivity index (χ2v) is 4.93. The molecular weight excluding hydrogens is 146 g/mol. The maximum atomic E-state index is 7.75. The second-order valence-electron chi connectivity index (χ2n) is 4.93. The third-order valence-electron chi connectivity index (χ3n) is 2.90. The van der Waals surface area contributed by atoms with Crippen LogP contribution in [-0.4, -0.2) is 5.54 Å². The van der Waals surface area contributed by atoms with Gasteiger partial charge in [0.1, 0.15) is 0 Å². The van der Waals surface area contributed by atoms with Crippen LogP contribution in [0.5, 0.6) is 0 Å². The van der Waals surface area contributed by atoms with Crippen molar-refractivity contribution >= 4 is 0 Å². The van der Waals surface area contributed by atoms with E-state index < -0.39 is 0 Å². The lowest BCUT2D eigenvalue weighted by atomic mass is 9.83. The van der Waals surface area contributed by atoms with Gasteiger partial charge in [-0.15, -0.1) is 0 Å². The number of hydrogen-bond donors (Lipinski definition) is 0. The van der Waals surface area contributed by atoms with Crippen LogP contribution in [0.25, 0.3) is 0 Å². The Kier molecular flexibility index (Phi) is 3.57. The topological polar surface area (TPSA) is 23.8 Å². The molecule has 1 aliphatic carbocycles. The molecule has 0 spiro atoms. The van der Waals surface area contributed by atoms with Crippen molar-refractivity contribution in [2.75, 3.05) is 0 Å². The monoisotopic (exact) mass is 168 g/mol. The SMILES string of the molecule is CC(C)([NH])CCC1CCCCC1. The van der Waals surface area contributed by atoms with E-state index in [0.29, 0.717) is 0 Å². The standard InChI is InChI=1S/C11H22N/c1-11(2,12)9-8-10-6-4-3-5-7-10/h10,12H,3-9H2,1-2H3. The maximum Gasteiger partial charge on any atom is 0.0267 e. The lowest BCUT2D eigenvalue weighted by Crippen LogP contribution is -2.22. The lowest BCUT2D eigenvalue weighted by molar-refractivity contribution is 0.301. The van der Waals surface area contributed by atoms with Gasteiger partial charge in [-0.25, -0.2) is 0 Å². The molecule has 0 aliphatic heterocycles. The summed E-state index contributed by atoms with van der Waals surface area (Å²) in [4.78, 5) is 0. The summed E-state index contributed by atoms with van der Waals surface area (Å²) in [5.74, 6) is 0.948. The second kappa shape index (κ2) is 4.27. The molecule has 1 radical (unpaired) electrons. The summed E-state index contributed by atoms with van der Waals surface area (Å²) in [6, 6.07) is 0. The molecule has 0 atom stereocenters. The van der Waals surface area contributed by atoms with Crippen molar-refractivity contribution in [3.63, 3.8) is 0 Å². The molecular formula is C11H22N. The zero-order chi connectivity index (χ0) is 9.03. The summed E-state index contributed by atoms with van der Waals surface area (Å²) in [6.07, 6.45) is 9.54. The molecule has 0 amide bonds. The Morgan fingerprint density at radius 3 is 2.25 bits per heavy atom. The molecule has 12 heavy (non-hydrogen) atoms. The van der Waals surface area contributed by atoms with E-state index in [9.17, 15) is 0 Å². The fraction of sp³-hybridized carbons (Fsp3) is 1.00. The summed E-state index contributed by atoms with van der Waals surface area (Å²) in [5, 5.41) is 0. The van der Waals surface area contributed by atoms with E-state index in [2.05, 4.69) is 0 Å². The molecule has 1 fully saturated rings. The van der Waals surface area contributed by atoms with Crippen molar-refractivity contribution in [3.8, 4) is 0 Å². The molecule has 0 aromatic rings. The summed E-state index contributed by atoms with van der Waals surface area (Å²) in [6.45, 7) is 4.05. The minimum Gasteiger partial charge on any atom is -0.252 e. The van der Waals surface area contributed by atoms with Gasteiger partial charge in [0.25, 0.3) is 0 Å². The Bertz CT molecular complexity index is 117. The normalized spacial score (nSPS) is 21.2. The summed E-state index contributed by atoms with van der Waals surface area (Å²) >= 11 is 0. The summed E-state index contributed by atoms with van der Waals surface area (Å²) in [5.41, 5.74) is 7.55. The third kappa shape index (κ3) is 4.10. The Hall–Kier alpha value is -0.0400. The Morgan fingerprint density at radius 2 is 1.75 bits per heavy atom. The lowest BCUT2D eigenvalue weighted by Gasteiger charge is -2.25. The fourth-order valence-electron chi connectivity index (χ4n) is 2.04. The van der Waals surface area contributed by atoms with Gasteiger partial charge in [-0.1, -0.05) is 32.1 Å². The average Bonchev–Trinajstić information content (AvgIpc) is 2.02. The van der Waals surface area contributed by atoms with Crippen molar-refractivity contribution in [2.24, 2.45) is 5.92 Å². The van der Waals surface area contributed by atoms with E-state index in [-0.39, 0.29) is 5.54 Å². The van der Waals surface area contributed by atoms with E-state index in [0.717, 1.165) is 12.3 Å². The van der Waals surface area contributed by atoms with Gasteiger partial charge in [-0.3, -0.25) is 5.73 Å². The summed E-state index contributed by atoms with van der Waals surface area (Å²) < 4.78 is 0. The Balaban J connectivity index is 2.13. The molecule has 1 saturated carbocycles. The highest BCUT2D eigenvalue weighted by Gasteiger charge is 2.17. The van der Waals surface area contributed by atoms with Crippen LogP contribution in [0.4, 0.5) is 0 Å². The van der Waals surface area contributed by atoms with Crippen molar-refractivity contribution < 1.29 is 0 Å². The zero-order valence-corrected chi connectivity index (χ0v) is 8.53. The van der Waals surface area contributed by atoms with E-state index in [1.165, 1.54) is 38.5 Å². The first-order chi connectivity index (χ1) is 5.58. The van der Waals surface area contributed by atoms with Crippen molar-refractivity contribution in [1.82, 2.24) is 5.73 Å². The molecule has 1 rings (SSSR count). The van der Waals surface area contributed by atoms with E-state index in [4.69, 9.17) is 5.73 Å². The van der Waals surface area contributed by atoms with Crippen LogP contribution >= 0.6 is 0 Å². The number of nitrogens with one attached hydrogen (secondary N) is 1. The van der Waals surface area contributed by atoms with Gasteiger partial charge in [0.2, 0.25) is 0 Å². The minimum absolute atomic E-state index is 0.197. The molecule has 71 valence electrons. The molecule has 0 saturated heterocycles. The Labute approximate surface area is 76.7 Å². The highest BCUT2D eigenvalue weighted by atomic mass is 14.7. The highest BCUT2D eigenvalue weighted by molar-refractivity contribution is 4.74. The van der Waals surface area contributed by atoms with Crippen LogP contribution in [0.1, 0.15) is 58.8 Å². The molecule has 1 aliphatic rings. The van der Waals surface area contributed by atoms with Gasteiger partial charge >= 0.3 is 0 Å². The molecule has 0 aromatic carbocycles. The van der Waals surface area contributed by atoms with Crippen LogP contribution in [-0.2, 0) is 0 Å². The minimum atomic E-state index is -0.197. The van der Waals surface area contributed by atoms with E-state index in [1.807, 2.05) is 13.8 Å². The summed E-state index contributed by atoms with van der Waals surface area (Å²) in [7, 11) is 0. The Morgan fingerprint density at radius 1 is 1.17 bits per heavy atom. The first-order valence-electron chi connectivity index (χ1n) is 5.33. The predicted molar refractivity (Wildman–Crippen MR) is 53.0 cm³/mol. The van der Waals surface area contributed by atoms with Gasteiger partial charge in [0.15, 0.2) is 0 Å². The largest absolute Gasteiger partial charge is 0.252 e. The quantitative estimate of drug-likeness (QED) is 0.616. The first-order valence-corrected chi connectivity index (χ1v) is 5.33. The molecule has 0 bridgehead atoms. The molecule has 0 unspecified atom stereocenters. The van der Waals surface area contributed by atoms with Gasteiger partial charge in [-0.2, -0.15) is 0 Å². The van der Waals surface area contributed by atoms with E-state index in [1.54, 1.807) is 0 Å². The van der Waals surface area contributed by atoms with Gasteiger partial charge in [0, 0.05) is 5.54 Å². The van der Waals surface area contributed by atoms with Crippen LogP contribution in [0.2, 0.25) is 0 Å². The van der Waals surface area contributed by atoms with Gasteiger partial charge in [-0.05, 0) is 32.6 Å². The third-order valence-corrected chi connectivity index (χ3v) is 2.90. The average molecular weight is 168 g/mol. The van der Waals surface area contributed by atoms with Crippen LogP contribution < -0.4 is 5.73 Å². The van der Waals surface area contributed by atoms with Gasteiger partial charge in [0.05, 0.1) is 0 Å². The number of rotatable bonds is 3. The molecule has 0 aromatic heterocycles. The fourth-order valence-corrected chi connectivity index (χ4v) is 2.04. The van der Waals surface area contributed by atoms with Crippen LogP contribution in [0.3, 0.4) is 0 Å². The molecule has 0 heterocycles. The van der Waals surface area contributed by atoms with Crippen molar-refractivity contribution in [3.05, 3.63) is 0 Å².